The summed E-state index contributed by atoms with van der Waals surface area (Å²) in [6.45, 7) is 1.83. The molecule has 7 heteroatoms. The molecule has 0 radical (unpaired) electrons. The average Bonchev–Trinajstić information content (AvgIpc) is 2.88. The van der Waals surface area contributed by atoms with Crippen molar-refractivity contribution in [2.24, 2.45) is 5.92 Å². The maximum absolute atomic E-state index is 13.2. The molecule has 1 aromatic heterocycles. The lowest BCUT2D eigenvalue weighted by Gasteiger charge is -2.32. The second-order valence-electron chi connectivity index (χ2n) is 9.13. The van der Waals surface area contributed by atoms with Crippen molar-refractivity contribution in [3.63, 3.8) is 0 Å². The van der Waals surface area contributed by atoms with E-state index in [1.165, 1.54) is 10.1 Å². The second kappa shape index (κ2) is 10.2. The molecule has 0 bridgehead atoms. The van der Waals surface area contributed by atoms with Gasteiger partial charge in [-0.25, -0.2) is 0 Å². The Balaban J connectivity index is 1.31. The zero-order valence-electron chi connectivity index (χ0n) is 19.2. The number of H-pyrrole nitrogens is 1. The van der Waals surface area contributed by atoms with Gasteiger partial charge in [0.1, 0.15) is 0 Å². The molecule has 178 valence electrons. The van der Waals surface area contributed by atoms with Crippen molar-refractivity contribution in [3.8, 4) is 0 Å². The lowest BCUT2D eigenvalue weighted by atomic mass is 9.90. The highest BCUT2D eigenvalue weighted by Gasteiger charge is 2.24. The van der Waals surface area contributed by atoms with E-state index in [9.17, 15) is 9.59 Å². The molecule has 1 amide bonds. The quantitative estimate of drug-likeness (QED) is 0.347. The SMILES string of the molecule is O=C(c1ccc2c(=O)n(Cc3ccc(Cl)cc3)c(=S)[nH]c2c1)N1CCC(Cc2ccccc2)CC1. The zero-order valence-corrected chi connectivity index (χ0v) is 20.8. The van der Waals surface area contributed by atoms with Crippen LogP contribution < -0.4 is 5.56 Å². The third-order valence-corrected chi connectivity index (χ3v) is 7.33. The van der Waals surface area contributed by atoms with E-state index in [2.05, 4.69) is 29.2 Å². The summed E-state index contributed by atoms with van der Waals surface area (Å²) in [6, 6.07) is 23.1. The summed E-state index contributed by atoms with van der Waals surface area (Å²) in [5, 5.41) is 1.15. The second-order valence-corrected chi connectivity index (χ2v) is 9.96. The number of hydrogen-bond donors (Lipinski definition) is 1. The summed E-state index contributed by atoms with van der Waals surface area (Å²) in [5.41, 5.74) is 3.25. The fraction of sp³-hybridized carbons (Fsp3) is 0.250. The molecule has 4 aromatic rings. The van der Waals surface area contributed by atoms with Gasteiger partial charge in [0.2, 0.25) is 0 Å². The van der Waals surface area contributed by atoms with Crippen molar-refractivity contribution in [3.05, 3.63) is 110 Å². The Labute approximate surface area is 214 Å². The minimum absolute atomic E-state index is 0.00489. The first-order chi connectivity index (χ1) is 17.0. The van der Waals surface area contributed by atoms with Crippen LogP contribution in [-0.4, -0.2) is 33.4 Å². The van der Waals surface area contributed by atoms with Crippen LogP contribution in [0, 0.1) is 10.7 Å². The third-order valence-electron chi connectivity index (χ3n) is 6.75. The highest BCUT2D eigenvalue weighted by molar-refractivity contribution is 7.71. The molecule has 5 rings (SSSR count). The van der Waals surface area contributed by atoms with Crippen LogP contribution in [0.5, 0.6) is 0 Å². The van der Waals surface area contributed by atoms with Gasteiger partial charge in [0.15, 0.2) is 4.77 Å². The van der Waals surface area contributed by atoms with Crippen LogP contribution in [0.3, 0.4) is 0 Å². The number of halogens is 1. The molecular weight excluding hydrogens is 478 g/mol. The van der Waals surface area contributed by atoms with E-state index >= 15 is 0 Å². The number of rotatable bonds is 5. The van der Waals surface area contributed by atoms with Crippen LogP contribution in [0.4, 0.5) is 0 Å². The van der Waals surface area contributed by atoms with Crippen molar-refractivity contribution in [1.29, 1.82) is 0 Å². The van der Waals surface area contributed by atoms with Crippen LogP contribution in [0.15, 0.2) is 77.6 Å². The van der Waals surface area contributed by atoms with Gasteiger partial charge in [-0.3, -0.25) is 14.2 Å². The first-order valence-electron chi connectivity index (χ1n) is 11.8. The van der Waals surface area contributed by atoms with E-state index in [0.717, 1.165) is 37.9 Å². The normalized spacial score (nSPS) is 14.4. The molecule has 1 N–H and O–H groups in total. The number of piperidine rings is 1. The lowest BCUT2D eigenvalue weighted by Crippen LogP contribution is -2.39. The van der Waals surface area contributed by atoms with Crippen molar-refractivity contribution >= 4 is 40.6 Å². The molecule has 0 atom stereocenters. The Morgan fingerprint density at radius 3 is 2.40 bits per heavy atom. The predicted molar refractivity (Wildman–Crippen MR) is 143 cm³/mol. The molecule has 1 saturated heterocycles. The summed E-state index contributed by atoms with van der Waals surface area (Å²) in [7, 11) is 0. The number of hydrogen-bond acceptors (Lipinski definition) is 3. The number of fused-ring (bicyclic) bond motifs is 1. The summed E-state index contributed by atoms with van der Waals surface area (Å²) < 4.78 is 1.85. The van der Waals surface area contributed by atoms with E-state index < -0.39 is 0 Å². The predicted octanol–water partition coefficient (Wildman–Crippen LogP) is 5.86. The van der Waals surface area contributed by atoms with E-state index in [-0.39, 0.29) is 11.5 Å². The molecule has 0 saturated carbocycles. The van der Waals surface area contributed by atoms with Crippen LogP contribution in [0.25, 0.3) is 10.9 Å². The molecule has 2 heterocycles. The van der Waals surface area contributed by atoms with E-state index in [1.54, 1.807) is 30.3 Å². The van der Waals surface area contributed by atoms with Gasteiger partial charge < -0.3 is 9.88 Å². The van der Waals surface area contributed by atoms with Crippen molar-refractivity contribution in [2.75, 3.05) is 13.1 Å². The maximum Gasteiger partial charge on any atom is 0.262 e. The highest BCUT2D eigenvalue weighted by atomic mass is 35.5. The fourth-order valence-corrected chi connectivity index (χ4v) is 5.16. The van der Waals surface area contributed by atoms with Gasteiger partial charge in [-0.05, 0) is 78.9 Å². The Kier molecular flexibility index (Phi) is 6.84. The first-order valence-corrected chi connectivity index (χ1v) is 12.6. The van der Waals surface area contributed by atoms with Crippen molar-refractivity contribution in [1.82, 2.24) is 14.5 Å². The monoisotopic (exact) mass is 503 g/mol. The first kappa shape index (κ1) is 23.5. The van der Waals surface area contributed by atoms with Crippen LogP contribution in [0.1, 0.15) is 34.3 Å². The molecule has 0 unspecified atom stereocenters. The largest absolute Gasteiger partial charge is 0.339 e. The molecule has 3 aromatic carbocycles. The highest BCUT2D eigenvalue weighted by Crippen LogP contribution is 2.23. The van der Waals surface area contributed by atoms with Crippen LogP contribution in [-0.2, 0) is 13.0 Å². The number of likely N-dealkylation sites (tertiary alicyclic amines) is 1. The summed E-state index contributed by atoms with van der Waals surface area (Å²) >= 11 is 11.4. The molecule has 1 aliphatic rings. The van der Waals surface area contributed by atoms with E-state index in [4.69, 9.17) is 23.8 Å². The molecule has 1 fully saturated rings. The molecule has 1 aliphatic heterocycles. The average molecular weight is 504 g/mol. The van der Waals surface area contributed by atoms with Gasteiger partial charge in [-0.15, -0.1) is 0 Å². The Morgan fingerprint density at radius 1 is 0.971 bits per heavy atom. The van der Waals surface area contributed by atoms with Gasteiger partial charge in [0.05, 0.1) is 17.4 Å². The maximum atomic E-state index is 13.2. The van der Waals surface area contributed by atoms with Gasteiger partial charge in [0, 0.05) is 23.7 Å². The van der Waals surface area contributed by atoms with E-state index in [0.29, 0.717) is 38.7 Å². The Morgan fingerprint density at radius 2 is 1.69 bits per heavy atom. The summed E-state index contributed by atoms with van der Waals surface area (Å²) in [4.78, 5) is 31.4. The number of nitrogens with one attached hydrogen (secondary N) is 1. The van der Waals surface area contributed by atoms with Crippen molar-refractivity contribution < 1.29 is 4.79 Å². The molecule has 0 spiro atoms. The minimum atomic E-state index is -0.181. The van der Waals surface area contributed by atoms with Crippen molar-refractivity contribution in [2.45, 2.75) is 25.8 Å². The summed E-state index contributed by atoms with van der Waals surface area (Å²) in [5.74, 6) is 0.586. The number of carbonyl (C=O) groups excluding carboxylic acids is 1. The minimum Gasteiger partial charge on any atom is -0.339 e. The molecular formula is C28H26ClN3O2S. The van der Waals surface area contributed by atoms with Gasteiger partial charge in [-0.1, -0.05) is 54.1 Å². The molecule has 0 aliphatic carbocycles. The smallest absolute Gasteiger partial charge is 0.262 e. The Bertz CT molecular complexity index is 1470. The van der Waals surface area contributed by atoms with E-state index in [1.807, 2.05) is 23.1 Å². The van der Waals surface area contributed by atoms with Crippen LogP contribution in [0.2, 0.25) is 5.02 Å². The van der Waals surface area contributed by atoms with Gasteiger partial charge >= 0.3 is 0 Å². The third kappa shape index (κ3) is 5.24. The topological polar surface area (TPSA) is 58.1 Å². The number of aromatic amines is 1. The summed E-state index contributed by atoms with van der Waals surface area (Å²) in [6.07, 6.45) is 3.04. The Hall–Kier alpha value is -3.22. The van der Waals surface area contributed by atoms with Gasteiger partial charge in [0.25, 0.3) is 11.5 Å². The van der Waals surface area contributed by atoms with Gasteiger partial charge in [-0.2, -0.15) is 0 Å². The number of nitrogens with zero attached hydrogens (tertiary/aromatic N) is 2. The number of aromatic nitrogens is 2. The standard InChI is InChI=1S/C28H26ClN3O2S/c29-23-9-6-21(7-10-23)18-32-27(34)24-11-8-22(17-25(24)30-28(32)35)26(33)31-14-12-20(13-15-31)16-19-4-2-1-3-5-19/h1-11,17,20H,12-16,18H2,(H,30,35). The lowest BCUT2D eigenvalue weighted by molar-refractivity contribution is 0.0690. The molecule has 5 nitrogen and oxygen atoms in total. The number of benzene rings is 3. The molecule has 35 heavy (non-hydrogen) atoms. The number of carbonyl (C=O) groups is 1. The fourth-order valence-electron chi connectivity index (χ4n) is 4.77. The number of amides is 1. The zero-order chi connectivity index (χ0) is 24.4. The van der Waals surface area contributed by atoms with Crippen LogP contribution >= 0.6 is 23.8 Å².